The number of aliphatic carboxylic acids is 1. The maximum Gasteiger partial charge on any atom is 0.364 e. The number of unbranched alkanes of at least 4 members (excludes halogenated alkanes) is 2. The van der Waals surface area contributed by atoms with Crippen molar-refractivity contribution in [3.8, 4) is 0 Å². The second-order valence-corrected chi connectivity index (χ2v) is 2.14. The zero-order chi connectivity index (χ0) is 8.69. The van der Waals surface area contributed by atoms with Crippen LogP contribution in [0.25, 0.3) is 0 Å². The fourth-order valence-electron chi connectivity index (χ4n) is 0.605. The van der Waals surface area contributed by atoms with E-state index in [0.717, 1.165) is 18.9 Å². The van der Waals surface area contributed by atoms with Gasteiger partial charge in [0.05, 0.1) is 0 Å². The Bertz CT molecular complexity index is 157. The van der Waals surface area contributed by atoms with E-state index in [4.69, 9.17) is 10.8 Å². The second kappa shape index (κ2) is 5.85. The predicted molar refractivity (Wildman–Crippen MR) is 39.7 cm³/mol. The third kappa shape index (κ3) is 5.54. The Balaban J connectivity index is 3.48. The van der Waals surface area contributed by atoms with Crippen molar-refractivity contribution in [3.63, 3.8) is 0 Å². The Kier molecular flexibility index (Phi) is 5.37. The molecule has 64 valence electrons. The first-order valence-corrected chi connectivity index (χ1v) is 3.47. The molecule has 0 saturated heterocycles. The van der Waals surface area contributed by atoms with Gasteiger partial charge in [0, 0.05) is 0 Å². The number of carboxylic acid groups (broad SMARTS) is 1. The lowest BCUT2D eigenvalue weighted by molar-refractivity contribution is -0.134. The lowest BCUT2D eigenvalue weighted by Gasteiger charge is -1.91. The Labute approximate surface area is 64.7 Å². The quantitative estimate of drug-likeness (QED) is 0.468. The summed E-state index contributed by atoms with van der Waals surface area (Å²) in [5.41, 5.74) is 5.17. The first-order valence-electron chi connectivity index (χ1n) is 3.47. The monoisotopic (exact) mass is 161 g/mol. The van der Waals surface area contributed by atoms with Crippen molar-refractivity contribution in [1.82, 2.24) is 0 Å². The maximum atomic E-state index is 12.2. The van der Waals surface area contributed by atoms with Crippen molar-refractivity contribution in [2.24, 2.45) is 5.73 Å². The van der Waals surface area contributed by atoms with Crippen LogP contribution in [0.4, 0.5) is 4.39 Å². The van der Waals surface area contributed by atoms with Gasteiger partial charge in [-0.15, -0.1) is 0 Å². The average Bonchev–Trinajstić information content (AvgIpc) is 1.97. The fourth-order valence-corrected chi connectivity index (χ4v) is 0.605. The number of hydrogen-bond donors (Lipinski definition) is 2. The molecule has 0 bridgehead atoms. The van der Waals surface area contributed by atoms with Gasteiger partial charge in [-0.05, 0) is 31.9 Å². The summed E-state index contributed by atoms with van der Waals surface area (Å²) >= 11 is 0. The van der Waals surface area contributed by atoms with Gasteiger partial charge in [-0.3, -0.25) is 0 Å². The molecule has 0 atom stereocenters. The van der Waals surface area contributed by atoms with Crippen molar-refractivity contribution in [3.05, 3.63) is 11.9 Å². The number of carbonyl (C=O) groups is 1. The lowest BCUT2D eigenvalue weighted by Crippen LogP contribution is -1.98. The highest BCUT2D eigenvalue weighted by molar-refractivity contribution is 5.83. The molecule has 0 aromatic heterocycles. The molecule has 0 spiro atoms. The molecule has 0 aromatic rings. The van der Waals surface area contributed by atoms with Gasteiger partial charge in [0.1, 0.15) is 0 Å². The van der Waals surface area contributed by atoms with Gasteiger partial charge in [-0.25, -0.2) is 4.79 Å². The summed E-state index contributed by atoms with van der Waals surface area (Å²) in [6.45, 7) is 0.558. The molecule has 0 fully saturated rings. The Morgan fingerprint density at radius 3 is 2.64 bits per heavy atom. The number of hydrogen-bond acceptors (Lipinski definition) is 2. The number of carboxylic acids is 1. The molecule has 0 aliphatic rings. The van der Waals surface area contributed by atoms with Crippen LogP contribution in [0, 0.1) is 0 Å². The van der Waals surface area contributed by atoms with Gasteiger partial charge in [0.25, 0.3) is 0 Å². The van der Waals surface area contributed by atoms with E-state index >= 15 is 0 Å². The summed E-state index contributed by atoms with van der Waals surface area (Å²) in [4.78, 5) is 9.90. The van der Waals surface area contributed by atoms with Crippen LogP contribution in [0.3, 0.4) is 0 Å². The highest BCUT2D eigenvalue weighted by Gasteiger charge is 2.02. The minimum atomic E-state index is -1.50. The third-order valence-electron chi connectivity index (χ3n) is 1.19. The van der Waals surface area contributed by atoms with Crippen molar-refractivity contribution in [1.29, 1.82) is 0 Å². The zero-order valence-corrected chi connectivity index (χ0v) is 6.22. The van der Waals surface area contributed by atoms with Gasteiger partial charge in [-0.1, -0.05) is 0 Å². The highest BCUT2D eigenvalue weighted by atomic mass is 19.1. The number of allylic oxidation sites excluding steroid dienone is 1. The molecule has 4 heteroatoms. The highest BCUT2D eigenvalue weighted by Crippen LogP contribution is 2.02. The summed E-state index contributed by atoms with van der Waals surface area (Å²) < 4.78 is 12.2. The molecule has 0 amide bonds. The predicted octanol–water partition coefficient (Wildman–Crippen LogP) is 1.05. The van der Waals surface area contributed by atoms with Gasteiger partial charge in [0.15, 0.2) is 0 Å². The van der Waals surface area contributed by atoms with E-state index < -0.39 is 11.8 Å². The topological polar surface area (TPSA) is 63.3 Å². The molecule has 0 aromatic carbocycles. The van der Waals surface area contributed by atoms with E-state index in [0.29, 0.717) is 13.0 Å². The summed E-state index contributed by atoms with van der Waals surface area (Å²) in [6.07, 6.45) is 3.04. The fraction of sp³-hybridized carbons (Fsp3) is 0.571. The molecular weight excluding hydrogens is 149 g/mol. The minimum Gasteiger partial charge on any atom is -0.476 e. The van der Waals surface area contributed by atoms with Crippen LogP contribution < -0.4 is 5.73 Å². The first-order chi connectivity index (χ1) is 5.18. The lowest BCUT2D eigenvalue weighted by atomic mass is 10.2. The summed E-state index contributed by atoms with van der Waals surface area (Å²) in [6, 6.07) is 0. The van der Waals surface area contributed by atoms with Gasteiger partial charge >= 0.3 is 5.97 Å². The molecule has 3 nitrogen and oxygen atoms in total. The third-order valence-corrected chi connectivity index (χ3v) is 1.19. The van der Waals surface area contributed by atoms with Crippen molar-refractivity contribution in [2.45, 2.75) is 19.3 Å². The molecule has 0 aliphatic heterocycles. The van der Waals surface area contributed by atoms with Crippen LogP contribution in [0.1, 0.15) is 19.3 Å². The van der Waals surface area contributed by atoms with Crippen LogP contribution >= 0.6 is 0 Å². The molecule has 0 rings (SSSR count). The second-order valence-electron chi connectivity index (χ2n) is 2.14. The van der Waals surface area contributed by atoms with Crippen molar-refractivity contribution < 1.29 is 14.3 Å². The van der Waals surface area contributed by atoms with Crippen LogP contribution in [-0.2, 0) is 4.79 Å². The maximum absolute atomic E-state index is 12.2. The van der Waals surface area contributed by atoms with Gasteiger partial charge < -0.3 is 10.8 Å². The van der Waals surface area contributed by atoms with Gasteiger partial charge in [-0.2, -0.15) is 4.39 Å². The summed E-state index contributed by atoms with van der Waals surface area (Å²) in [5.74, 6) is -2.58. The normalized spacial score (nSPS) is 11.6. The van der Waals surface area contributed by atoms with E-state index in [1.165, 1.54) is 0 Å². The van der Waals surface area contributed by atoms with Gasteiger partial charge in [0.2, 0.25) is 5.83 Å². The molecule has 0 saturated carbocycles. The van der Waals surface area contributed by atoms with Crippen LogP contribution in [0.15, 0.2) is 11.9 Å². The molecule has 0 aliphatic carbocycles. The summed E-state index contributed by atoms with van der Waals surface area (Å²) in [5, 5.41) is 8.07. The van der Waals surface area contributed by atoms with E-state index in [-0.39, 0.29) is 0 Å². The van der Waals surface area contributed by atoms with Crippen LogP contribution in [-0.4, -0.2) is 17.6 Å². The first kappa shape index (κ1) is 10.1. The smallest absolute Gasteiger partial charge is 0.364 e. The Morgan fingerprint density at radius 1 is 1.55 bits per heavy atom. The number of nitrogens with two attached hydrogens (primary N) is 1. The molecular formula is C7H12FNO2. The van der Waals surface area contributed by atoms with E-state index in [2.05, 4.69) is 0 Å². The molecule has 0 heterocycles. The number of halogens is 1. The molecule has 11 heavy (non-hydrogen) atoms. The Hall–Kier alpha value is -0.900. The minimum absolute atomic E-state index is 0.440. The zero-order valence-electron chi connectivity index (χ0n) is 6.22. The van der Waals surface area contributed by atoms with Crippen LogP contribution in [0.2, 0.25) is 0 Å². The average molecular weight is 161 g/mol. The van der Waals surface area contributed by atoms with Crippen LogP contribution in [0.5, 0.6) is 0 Å². The number of rotatable bonds is 5. The van der Waals surface area contributed by atoms with Crippen molar-refractivity contribution >= 4 is 5.97 Å². The van der Waals surface area contributed by atoms with E-state index in [9.17, 15) is 9.18 Å². The molecule has 3 N–H and O–H groups in total. The van der Waals surface area contributed by atoms with E-state index in [1.54, 1.807) is 0 Å². The molecule has 0 radical (unpaired) electrons. The Morgan fingerprint density at radius 2 is 2.18 bits per heavy atom. The SMILES string of the molecule is NCCCC/C=C(/F)C(=O)O. The summed E-state index contributed by atoms with van der Waals surface area (Å²) in [7, 11) is 0. The molecule has 0 unspecified atom stereocenters. The van der Waals surface area contributed by atoms with E-state index in [1.807, 2.05) is 0 Å². The van der Waals surface area contributed by atoms with Crippen molar-refractivity contribution in [2.75, 3.05) is 6.54 Å². The largest absolute Gasteiger partial charge is 0.476 e. The standard InChI is InChI=1S/C7H12FNO2/c8-6(7(10)11)4-2-1-3-5-9/h4H,1-3,5,9H2,(H,10,11)/b6-4+.